The minimum atomic E-state index is -1.13. The van der Waals surface area contributed by atoms with Crippen LogP contribution < -0.4 is 5.73 Å². The van der Waals surface area contributed by atoms with Crippen LogP contribution in [0, 0.1) is 11.6 Å². The second-order valence-electron chi connectivity index (χ2n) is 8.59. The molecule has 0 aliphatic heterocycles. The van der Waals surface area contributed by atoms with E-state index >= 15 is 0 Å². The van der Waals surface area contributed by atoms with Gasteiger partial charge in [0.1, 0.15) is 18.0 Å². The van der Waals surface area contributed by atoms with Crippen LogP contribution in [0.3, 0.4) is 0 Å². The Bertz CT molecular complexity index is 1310. The number of benzene rings is 2. The SMILES string of the molecule is CCc1cccc(CN(C[C@@H](O)[C@@H](N)Cc2cc(F)cc(F)c2)C(=O)c2ccc3nncn3c2)c1. The zero-order valence-corrected chi connectivity index (χ0v) is 19.3. The molecule has 0 fully saturated rings. The Labute approximate surface area is 201 Å². The summed E-state index contributed by atoms with van der Waals surface area (Å²) in [7, 11) is 0. The van der Waals surface area contributed by atoms with Crippen LogP contribution in [-0.4, -0.2) is 49.2 Å². The van der Waals surface area contributed by atoms with E-state index in [-0.39, 0.29) is 25.4 Å². The number of nitrogens with two attached hydrogens (primary N) is 1. The molecule has 9 heteroatoms. The van der Waals surface area contributed by atoms with E-state index in [0.29, 0.717) is 16.8 Å². The quantitative estimate of drug-likeness (QED) is 0.385. The number of fused-ring (bicyclic) bond motifs is 1. The summed E-state index contributed by atoms with van der Waals surface area (Å²) >= 11 is 0. The topological polar surface area (TPSA) is 96.8 Å². The van der Waals surface area contributed by atoms with Gasteiger partial charge in [0.05, 0.1) is 11.7 Å². The minimum Gasteiger partial charge on any atom is -0.390 e. The molecule has 4 rings (SSSR count). The fourth-order valence-corrected chi connectivity index (χ4v) is 4.02. The Kier molecular flexibility index (Phi) is 7.48. The highest BCUT2D eigenvalue weighted by molar-refractivity contribution is 5.94. The van der Waals surface area contributed by atoms with Crippen molar-refractivity contribution in [3.05, 3.63) is 101 Å². The van der Waals surface area contributed by atoms with Gasteiger partial charge in [0.2, 0.25) is 0 Å². The molecule has 2 aromatic carbocycles. The predicted molar refractivity (Wildman–Crippen MR) is 128 cm³/mol. The van der Waals surface area contributed by atoms with Crippen molar-refractivity contribution in [3.8, 4) is 0 Å². The van der Waals surface area contributed by atoms with Gasteiger partial charge in [0.15, 0.2) is 5.65 Å². The van der Waals surface area contributed by atoms with E-state index in [9.17, 15) is 18.7 Å². The monoisotopic (exact) mass is 479 g/mol. The van der Waals surface area contributed by atoms with Gasteiger partial charge in [-0.05, 0) is 53.8 Å². The lowest BCUT2D eigenvalue weighted by molar-refractivity contribution is 0.0554. The number of rotatable bonds is 9. The van der Waals surface area contributed by atoms with E-state index in [1.165, 1.54) is 23.4 Å². The minimum absolute atomic E-state index is 0.0515. The maximum atomic E-state index is 13.6. The van der Waals surface area contributed by atoms with Gasteiger partial charge in [-0.3, -0.25) is 9.20 Å². The van der Waals surface area contributed by atoms with Gasteiger partial charge in [-0.2, -0.15) is 0 Å². The largest absolute Gasteiger partial charge is 0.390 e. The Morgan fingerprint density at radius 2 is 1.83 bits per heavy atom. The smallest absolute Gasteiger partial charge is 0.255 e. The van der Waals surface area contributed by atoms with Gasteiger partial charge < -0.3 is 15.7 Å². The molecule has 3 N–H and O–H groups in total. The third-order valence-electron chi connectivity index (χ3n) is 5.89. The second kappa shape index (κ2) is 10.7. The van der Waals surface area contributed by atoms with Gasteiger partial charge in [0.25, 0.3) is 5.91 Å². The number of aliphatic hydroxyl groups is 1. The fourth-order valence-electron chi connectivity index (χ4n) is 4.02. The van der Waals surface area contributed by atoms with E-state index in [0.717, 1.165) is 23.6 Å². The molecule has 0 radical (unpaired) electrons. The first-order chi connectivity index (χ1) is 16.8. The van der Waals surface area contributed by atoms with E-state index < -0.39 is 23.8 Å². The summed E-state index contributed by atoms with van der Waals surface area (Å²) in [6.45, 7) is 2.24. The number of nitrogens with zero attached hydrogens (tertiary/aromatic N) is 4. The van der Waals surface area contributed by atoms with Gasteiger partial charge in [-0.1, -0.05) is 31.2 Å². The van der Waals surface area contributed by atoms with E-state index in [1.807, 2.05) is 24.3 Å². The van der Waals surface area contributed by atoms with Crippen molar-refractivity contribution >= 4 is 11.6 Å². The molecule has 0 aliphatic carbocycles. The molecular weight excluding hydrogens is 452 g/mol. The molecule has 0 bridgehead atoms. The normalized spacial score (nSPS) is 13.1. The van der Waals surface area contributed by atoms with Crippen molar-refractivity contribution in [2.75, 3.05) is 6.54 Å². The molecule has 0 unspecified atom stereocenters. The van der Waals surface area contributed by atoms with Crippen molar-refractivity contribution in [1.29, 1.82) is 0 Å². The number of hydrogen-bond acceptors (Lipinski definition) is 5. The zero-order chi connectivity index (χ0) is 24.9. The van der Waals surface area contributed by atoms with Crippen LogP contribution in [0.25, 0.3) is 5.65 Å². The number of halogens is 2. The van der Waals surface area contributed by atoms with E-state index in [1.54, 1.807) is 22.7 Å². The van der Waals surface area contributed by atoms with Crippen molar-refractivity contribution in [1.82, 2.24) is 19.5 Å². The molecule has 0 saturated heterocycles. The van der Waals surface area contributed by atoms with Crippen molar-refractivity contribution in [2.24, 2.45) is 5.73 Å². The molecule has 182 valence electrons. The average molecular weight is 480 g/mol. The van der Waals surface area contributed by atoms with Crippen LogP contribution >= 0.6 is 0 Å². The highest BCUT2D eigenvalue weighted by Crippen LogP contribution is 2.16. The second-order valence-corrected chi connectivity index (χ2v) is 8.59. The molecule has 1 amide bonds. The average Bonchev–Trinajstić information content (AvgIpc) is 3.30. The number of carbonyl (C=O) groups is 1. The number of aromatic nitrogens is 3. The molecular formula is C26H27F2N5O2. The molecule has 2 heterocycles. The zero-order valence-electron chi connectivity index (χ0n) is 19.3. The summed E-state index contributed by atoms with van der Waals surface area (Å²) in [6.07, 6.45) is 2.91. The van der Waals surface area contributed by atoms with Crippen LogP contribution in [0.4, 0.5) is 8.78 Å². The molecule has 2 aromatic heterocycles. The standard InChI is InChI=1S/C26H27F2N5O2/c1-2-17-4-3-5-18(8-17)13-32(26(35)20-6-7-25-31-30-16-33(25)14-20)15-24(34)23(29)11-19-9-21(27)12-22(28)10-19/h3-10,12,14,16,23-24,34H,2,11,13,15,29H2,1H3/t23-,24+/m0/s1. The Balaban J connectivity index is 1.56. The van der Waals surface area contributed by atoms with Gasteiger partial charge >= 0.3 is 0 Å². The first kappa shape index (κ1) is 24.4. The lowest BCUT2D eigenvalue weighted by Gasteiger charge is -2.28. The van der Waals surface area contributed by atoms with Crippen LogP contribution in [0.2, 0.25) is 0 Å². The maximum Gasteiger partial charge on any atom is 0.255 e. The third-order valence-corrected chi connectivity index (χ3v) is 5.89. The number of pyridine rings is 1. The summed E-state index contributed by atoms with van der Waals surface area (Å²) in [6, 6.07) is 13.5. The van der Waals surface area contributed by atoms with Crippen LogP contribution in [-0.2, 0) is 19.4 Å². The summed E-state index contributed by atoms with van der Waals surface area (Å²) in [5.41, 5.74) is 9.56. The highest BCUT2D eigenvalue weighted by atomic mass is 19.1. The molecule has 2 atom stereocenters. The first-order valence-corrected chi connectivity index (χ1v) is 11.4. The molecule has 4 aromatic rings. The van der Waals surface area contributed by atoms with Crippen molar-refractivity contribution in [2.45, 2.75) is 38.5 Å². The molecule has 0 spiro atoms. The van der Waals surface area contributed by atoms with Crippen molar-refractivity contribution in [3.63, 3.8) is 0 Å². The lowest BCUT2D eigenvalue weighted by atomic mass is 10.0. The number of carbonyl (C=O) groups excluding carboxylic acids is 1. The molecule has 35 heavy (non-hydrogen) atoms. The fraction of sp³-hybridized carbons (Fsp3) is 0.269. The maximum absolute atomic E-state index is 13.6. The summed E-state index contributed by atoms with van der Waals surface area (Å²) in [4.78, 5) is 15.0. The number of amides is 1. The highest BCUT2D eigenvalue weighted by Gasteiger charge is 2.24. The summed E-state index contributed by atoms with van der Waals surface area (Å²) < 4.78 is 28.8. The van der Waals surface area contributed by atoms with Crippen LogP contribution in [0.5, 0.6) is 0 Å². The third kappa shape index (κ3) is 6.06. The molecule has 0 aliphatic rings. The number of hydrogen-bond donors (Lipinski definition) is 2. The van der Waals surface area contributed by atoms with Gasteiger partial charge in [-0.15, -0.1) is 10.2 Å². The van der Waals surface area contributed by atoms with Crippen LogP contribution in [0.15, 0.2) is 67.1 Å². The van der Waals surface area contributed by atoms with E-state index in [4.69, 9.17) is 5.73 Å². The number of aryl methyl sites for hydroxylation is 1. The Morgan fingerprint density at radius 3 is 2.57 bits per heavy atom. The first-order valence-electron chi connectivity index (χ1n) is 11.4. The Hall–Kier alpha value is -3.69. The Morgan fingerprint density at radius 1 is 1.09 bits per heavy atom. The van der Waals surface area contributed by atoms with Crippen molar-refractivity contribution < 1.29 is 18.7 Å². The van der Waals surface area contributed by atoms with Crippen LogP contribution in [0.1, 0.15) is 34.0 Å². The van der Waals surface area contributed by atoms with E-state index in [2.05, 4.69) is 17.1 Å². The van der Waals surface area contributed by atoms with Gasteiger partial charge in [0, 0.05) is 31.4 Å². The molecule has 0 saturated carbocycles. The summed E-state index contributed by atoms with van der Waals surface area (Å²) in [5, 5.41) is 18.7. The molecule has 7 nitrogen and oxygen atoms in total. The summed E-state index contributed by atoms with van der Waals surface area (Å²) in [5.74, 6) is -1.72. The number of aliphatic hydroxyl groups excluding tert-OH is 1. The lowest BCUT2D eigenvalue weighted by Crippen LogP contribution is -2.46. The van der Waals surface area contributed by atoms with Gasteiger partial charge in [-0.25, -0.2) is 8.78 Å². The predicted octanol–water partition coefficient (Wildman–Crippen LogP) is 3.14.